The van der Waals surface area contributed by atoms with Crippen LogP contribution in [0.5, 0.6) is 0 Å². The molecule has 9 heteroatoms. The summed E-state index contributed by atoms with van der Waals surface area (Å²) >= 11 is 6.18. The van der Waals surface area contributed by atoms with Crippen LogP contribution in [0.25, 0.3) is 10.9 Å². The van der Waals surface area contributed by atoms with E-state index in [0.717, 1.165) is 10.9 Å². The SMILES string of the molecule is CC(C)C[C@H](NC(=O)c1cc2c(Cl)cccc2[nH]1)C(=O)N[C@H](C#N)C[C@@H]1CCNC1=O. The van der Waals surface area contributed by atoms with E-state index in [2.05, 4.69) is 27.0 Å². The molecule has 8 nitrogen and oxygen atoms in total. The van der Waals surface area contributed by atoms with Gasteiger partial charge in [-0.05, 0) is 43.4 Å². The summed E-state index contributed by atoms with van der Waals surface area (Å²) in [6, 6.07) is 7.41. The fourth-order valence-electron chi connectivity index (χ4n) is 3.75. The number of aromatic nitrogens is 1. The summed E-state index contributed by atoms with van der Waals surface area (Å²) in [4.78, 5) is 40.5. The van der Waals surface area contributed by atoms with Gasteiger partial charge in [-0.2, -0.15) is 5.26 Å². The van der Waals surface area contributed by atoms with E-state index < -0.39 is 23.9 Å². The molecule has 31 heavy (non-hydrogen) atoms. The average Bonchev–Trinajstić information content (AvgIpc) is 3.33. The summed E-state index contributed by atoms with van der Waals surface area (Å²) in [6.07, 6.45) is 1.29. The zero-order chi connectivity index (χ0) is 22.5. The van der Waals surface area contributed by atoms with Crippen molar-refractivity contribution in [3.05, 3.63) is 35.0 Å². The summed E-state index contributed by atoms with van der Waals surface area (Å²) < 4.78 is 0. The Hall–Kier alpha value is -3.05. The van der Waals surface area contributed by atoms with Crippen LogP contribution in [0.3, 0.4) is 0 Å². The number of amides is 3. The fourth-order valence-corrected chi connectivity index (χ4v) is 3.98. The lowest BCUT2D eigenvalue weighted by atomic mass is 9.98. The maximum atomic E-state index is 12.9. The molecule has 0 spiro atoms. The predicted molar refractivity (Wildman–Crippen MR) is 117 cm³/mol. The molecule has 2 heterocycles. The number of rotatable bonds is 8. The van der Waals surface area contributed by atoms with Gasteiger partial charge in [0, 0.05) is 28.4 Å². The Bertz CT molecular complexity index is 1030. The van der Waals surface area contributed by atoms with Crippen molar-refractivity contribution in [2.75, 3.05) is 6.54 Å². The van der Waals surface area contributed by atoms with Crippen LogP contribution < -0.4 is 16.0 Å². The highest BCUT2D eigenvalue weighted by Crippen LogP contribution is 2.24. The Morgan fingerprint density at radius 3 is 2.71 bits per heavy atom. The van der Waals surface area contributed by atoms with Crippen LogP contribution in [0.15, 0.2) is 24.3 Å². The standard InChI is InChI=1S/C22H26ClN5O3/c1-12(2)8-18(21(30)26-14(11-24)9-13-6-7-25-20(13)29)28-22(31)19-10-15-16(23)4-3-5-17(15)27-19/h3-5,10,12-14,18,27H,6-9H2,1-2H3,(H,25,29)(H,26,30)(H,28,31)/t13-,14-,18-/m0/s1. The number of benzene rings is 1. The van der Waals surface area contributed by atoms with Gasteiger partial charge >= 0.3 is 0 Å². The first kappa shape index (κ1) is 22.6. The van der Waals surface area contributed by atoms with Crippen LogP contribution in [-0.2, 0) is 9.59 Å². The Balaban J connectivity index is 1.70. The molecular formula is C22H26ClN5O3. The van der Waals surface area contributed by atoms with Crippen LogP contribution in [-0.4, -0.2) is 41.3 Å². The minimum atomic E-state index is -0.817. The quantitative estimate of drug-likeness (QED) is 0.499. The lowest BCUT2D eigenvalue weighted by molar-refractivity contribution is -0.125. The largest absolute Gasteiger partial charge is 0.356 e. The van der Waals surface area contributed by atoms with Gasteiger partial charge in [0.15, 0.2) is 0 Å². The van der Waals surface area contributed by atoms with E-state index in [9.17, 15) is 19.6 Å². The molecule has 1 aliphatic rings. The highest BCUT2D eigenvalue weighted by atomic mass is 35.5. The summed E-state index contributed by atoms with van der Waals surface area (Å²) in [5, 5.41) is 18.9. The van der Waals surface area contributed by atoms with Gasteiger partial charge in [-0.3, -0.25) is 14.4 Å². The molecular weight excluding hydrogens is 418 g/mol. The van der Waals surface area contributed by atoms with E-state index in [-0.39, 0.29) is 24.2 Å². The summed E-state index contributed by atoms with van der Waals surface area (Å²) in [7, 11) is 0. The number of carbonyl (C=O) groups excluding carboxylic acids is 3. The van der Waals surface area contributed by atoms with Crippen molar-refractivity contribution in [2.24, 2.45) is 11.8 Å². The van der Waals surface area contributed by atoms with Crippen LogP contribution >= 0.6 is 11.6 Å². The topological polar surface area (TPSA) is 127 Å². The highest BCUT2D eigenvalue weighted by Gasteiger charge is 2.30. The molecule has 0 bridgehead atoms. The predicted octanol–water partition coefficient (Wildman–Crippen LogP) is 2.50. The Labute approximate surface area is 185 Å². The second-order valence-corrected chi connectivity index (χ2v) is 8.65. The molecule has 164 valence electrons. The van der Waals surface area contributed by atoms with E-state index in [0.29, 0.717) is 30.1 Å². The molecule has 0 saturated carbocycles. The molecule has 3 rings (SSSR count). The first-order chi connectivity index (χ1) is 14.8. The first-order valence-electron chi connectivity index (χ1n) is 10.3. The number of fused-ring (bicyclic) bond motifs is 1. The van der Waals surface area contributed by atoms with Gasteiger partial charge in [0.1, 0.15) is 17.8 Å². The van der Waals surface area contributed by atoms with Gasteiger partial charge in [-0.15, -0.1) is 0 Å². The maximum absolute atomic E-state index is 12.9. The van der Waals surface area contributed by atoms with E-state index in [1.165, 1.54) is 0 Å². The number of hydrogen-bond donors (Lipinski definition) is 4. The molecule has 1 aromatic heterocycles. The van der Waals surface area contributed by atoms with E-state index >= 15 is 0 Å². The van der Waals surface area contributed by atoms with Crippen molar-refractivity contribution in [2.45, 2.75) is 45.2 Å². The normalized spacial score (nSPS) is 17.8. The van der Waals surface area contributed by atoms with Crippen LogP contribution in [0.1, 0.15) is 43.6 Å². The maximum Gasteiger partial charge on any atom is 0.268 e. The molecule has 1 aliphatic heterocycles. The van der Waals surface area contributed by atoms with E-state index in [1.807, 2.05) is 19.9 Å². The molecule has 2 aromatic rings. The van der Waals surface area contributed by atoms with Crippen molar-refractivity contribution in [1.29, 1.82) is 5.26 Å². The summed E-state index contributed by atoms with van der Waals surface area (Å²) in [6.45, 7) is 4.47. The molecule has 0 aliphatic carbocycles. The Morgan fingerprint density at radius 2 is 2.10 bits per heavy atom. The Morgan fingerprint density at radius 1 is 1.32 bits per heavy atom. The van der Waals surface area contributed by atoms with Crippen molar-refractivity contribution in [3.63, 3.8) is 0 Å². The fraction of sp³-hybridized carbons (Fsp3) is 0.455. The lowest BCUT2D eigenvalue weighted by Crippen LogP contribution is -2.50. The second kappa shape index (κ2) is 9.84. The zero-order valence-electron chi connectivity index (χ0n) is 17.5. The van der Waals surface area contributed by atoms with Crippen LogP contribution in [0, 0.1) is 23.2 Å². The van der Waals surface area contributed by atoms with Gasteiger partial charge < -0.3 is 20.9 Å². The molecule has 4 N–H and O–H groups in total. The van der Waals surface area contributed by atoms with Crippen LogP contribution in [0.2, 0.25) is 5.02 Å². The minimum absolute atomic E-state index is 0.0981. The summed E-state index contributed by atoms with van der Waals surface area (Å²) in [5.74, 6) is -1.13. The van der Waals surface area contributed by atoms with Crippen molar-refractivity contribution in [3.8, 4) is 6.07 Å². The average molecular weight is 444 g/mol. The van der Waals surface area contributed by atoms with Gasteiger partial charge in [-0.25, -0.2) is 0 Å². The van der Waals surface area contributed by atoms with Crippen molar-refractivity contribution < 1.29 is 14.4 Å². The smallest absolute Gasteiger partial charge is 0.268 e. The number of nitrogens with one attached hydrogen (secondary N) is 4. The lowest BCUT2D eigenvalue weighted by Gasteiger charge is -2.22. The third-order valence-electron chi connectivity index (χ3n) is 5.34. The molecule has 3 atom stereocenters. The van der Waals surface area contributed by atoms with Gasteiger partial charge in [0.05, 0.1) is 6.07 Å². The van der Waals surface area contributed by atoms with Gasteiger partial charge in [0.25, 0.3) is 5.91 Å². The number of H-pyrrole nitrogens is 1. The molecule has 1 saturated heterocycles. The van der Waals surface area contributed by atoms with Crippen LogP contribution in [0.4, 0.5) is 0 Å². The van der Waals surface area contributed by atoms with Gasteiger partial charge in [0.2, 0.25) is 11.8 Å². The van der Waals surface area contributed by atoms with Crippen molar-refractivity contribution in [1.82, 2.24) is 20.9 Å². The molecule has 1 fully saturated rings. The monoisotopic (exact) mass is 443 g/mol. The first-order valence-corrected chi connectivity index (χ1v) is 10.7. The third kappa shape index (κ3) is 5.56. The number of aromatic amines is 1. The number of hydrogen-bond acceptors (Lipinski definition) is 4. The molecule has 1 aromatic carbocycles. The van der Waals surface area contributed by atoms with E-state index in [4.69, 9.17) is 11.6 Å². The number of halogens is 1. The molecule has 0 unspecified atom stereocenters. The number of nitrogens with zero attached hydrogens (tertiary/aromatic N) is 1. The minimum Gasteiger partial charge on any atom is -0.356 e. The Kier molecular flexibility index (Phi) is 7.18. The summed E-state index contributed by atoms with van der Waals surface area (Å²) in [5.41, 5.74) is 1.02. The zero-order valence-corrected chi connectivity index (χ0v) is 18.3. The highest BCUT2D eigenvalue weighted by molar-refractivity contribution is 6.35. The van der Waals surface area contributed by atoms with Gasteiger partial charge in [-0.1, -0.05) is 31.5 Å². The number of nitriles is 1. The number of carbonyl (C=O) groups is 3. The molecule has 3 amide bonds. The van der Waals surface area contributed by atoms with E-state index in [1.54, 1.807) is 18.2 Å². The second-order valence-electron chi connectivity index (χ2n) is 8.24. The third-order valence-corrected chi connectivity index (χ3v) is 5.67. The van der Waals surface area contributed by atoms with Crippen molar-refractivity contribution >= 4 is 40.2 Å². The molecule has 0 radical (unpaired) electrons.